The van der Waals surface area contributed by atoms with Crippen LogP contribution >= 0.6 is 11.8 Å². The molecule has 0 unspecified atom stereocenters. The fourth-order valence-corrected chi connectivity index (χ4v) is 4.96. The summed E-state index contributed by atoms with van der Waals surface area (Å²) >= 11 is 1.71. The predicted octanol–water partition coefficient (Wildman–Crippen LogP) is 2.93. The van der Waals surface area contributed by atoms with E-state index >= 15 is 0 Å². The number of rotatable bonds is 5. The molecule has 1 aromatic carbocycles. The lowest BCUT2D eigenvalue weighted by Gasteiger charge is -2.29. The van der Waals surface area contributed by atoms with Crippen molar-refractivity contribution in [1.29, 1.82) is 0 Å². The van der Waals surface area contributed by atoms with Crippen LogP contribution in [0.1, 0.15) is 46.1 Å². The van der Waals surface area contributed by atoms with Gasteiger partial charge >= 0.3 is 0 Å². The van der Waals surface area contributed by atoms with Crippen LogP contribution in [-0.4, -0.2) is 46.5 Å². The number of ether oxygens (including phenoxy) is 1. The number of thioether (sulfide) groups is 1. The van der Waals surface area contributed by atoms with Crippen molar-refractivity contribution in [1.82, 2.24) is 10.2 Å². The zero-order valence-corrected chi connectivity index (χ0v) is 16.8. The Hall–Kier alpha value is -1.69. The maximum absolute atomic E-state index is 12.5. The van der Waals surface area contributed by atoms with E-state index < -0.39 is 0 Å². The second-order valence-corrected chi connectivity index (χ2v) is 9.68. The third-order valence-corrected chi connectivity index (χ3v) is 6.64. The molecule has 0 spiro atoms. The molecular weight excluding hydrogens is 348 g/mol. The van der Waals surface area contributed by atoms with Gasteiger partial charge in [-0.25, -0.2) is 0 Å². The van der Waals surface area contributed by atoms with Gasteiger partial charge in [-0.1, -0.05) is 32.9 Å². The lowest BCUT2D eigenvalue weighted by Crippen LogP contribution is -2.50. The maximum Gasteiger partial charge on any atom is 0.243 e. The van der Waals surface area contributed by atoms with Crippen LogP contribution in [0.4, 0.5) is 0 Å². The topological polar surface area (TPSA) is 58.6 Å². The van der Waals surface area contributed by atoms with Gasteiger partial charge in [0.2, 0.25) is 11.8 Å². The van der Waals surface area contributed by atoms with Crippen molar-refractivity contribution in [2.24, 2.45) is 0 Å². The first-order chi connectivity index (χ1) is 12.2. The third-order valence-electron chi connectivity index (χ3n) is 5.14. The molecule has 2 amide bonds. The molecule has 3 rings (SSSR count). The highest BCUT2D eigenvalue weighted by Crippen LogP contribution is 2.47. The van der Waals surface area contributed by atoms with Gasteiger partial charge in [0.05, 0.1) is 11.4 Å². The number of carbonyl (C=O) groups excluding carboxylic acids is 2. The Morgan fingerprint density at radius 1 is 1.35 bits per heavy atom. The van der Waals surface area contributed by atoms with Gasteiger partial charge in [-0.3, -0.25) is 9.59 Å². The molecule has 0 aliphatic carbocycles. The molecule has 2 aliphatic rings. The zero-order chi connectivity index (χ0) is 18.9. The normalized spacial score (nSPS) is 25.3. The third kappa shape index (κ3) is 3.85. The number of amides is 2. The van der Waals surface area contributed by atoms with Gasteiger partial charge in [0, 0.05) is 12.2 Å². The molecule has 2 fully saturated rings. The fourth-order valence-electron chi connectivity index (χ4n) is 3.53. The Morgan fingerprint density at radius 3 is 2.69 bits per heavy atom. The monoisotopic (exact) mass is 376 g/mol. The summed E-state index contributed by atoms with van der Waals surface area (Å²) in [5.41, 5.74) is 1.38. The highest BCUT2D eigenvalue weighted by atomic mass is 32.2. The van der Waals surface area contributed by atoms with Crippen LogP contribution in [0.15, 0.2) is 24.3 Å². The van der Waals surface area contributed by atoms with Crippen LogP contribution < -0.4 is 10.1 Å². The molecule has 1 aromatic rings. The molecule has 0 saturated carbocycles. The predicted molar refractivity (Wildman–Crippen MR) is 104 cm³/mol. The minimum atomic E-state index is -0.355. The van der Waals surface area contributed by atoms with Crippen molar-refractivity contribution in [3.05, 3.63) is 29.8 Å². The van der Waals surface area contributed by atoms with Crippen molar-refractivity contribution in [3.63, 3.8) is 0 Å². The highest BCUT2D eigenvalue weighted by molar-refractivity contribution is 8.01. The Labute approximate surface area is 159 Å². The van der Waals surface area contributed by atoms with Crippen LogP contribution in [0.3, 0.4) is 0 Å². The summed E-state index contributed by atoms with van der Waals surface area (Å²) in [6.45, 7) is 9.42. The van der Waals surface area contributed by atoms with E-state index in [0.29, 0.717) is 25.3 Å². The molecule has 1 N–H and O–H groups in total. The van der Waals surface area contributed by atoms with Gasteiger partial charge in [-0.2, -0.15) is 0 Å². The maximum atomic E-state index is 12.5. The molecule has 2 heterocycles. The molecule has 5 nitrogen and oxygen atoms in total. The van der Waals surface area contributed by atoms with E-state index in [4.69, 9.17) is 4.74 Å². The van der Waals surface area contributed by atoms with Crippen LogP contribution in [0.2, 0.25) is 0 Å². The lowest BCUT2D eigenvalue weighted by atomic mass is 9.87. The first kappa shape index (κ1) is 19.1. The minimum absolute atomic E-state index is 0.0804. The van der Waals surface area contributed by atoms with Crippen molar-refractivity contribution in [3.8, 4) is 5.75 Å². The highest BCUT2D eigenvalue weighted by Gasteiger charge is 2.52. The van der Waals surface area contributed by atoms with E-state index in [1.807, 2.05) is 12.1 Å². The SMILES string of the molecule is CC(C)(C)c1ccc(OCCNC(=O)[C@H]2CS[C@@]3(C)CCC(=O)N23)cc1. The number of hydrogen-bond acceptors (Lipinski definition) is 4. The van der Waals surface area contributed by atoms with E-state index in [2.05, 4.69) is 45.1 Å². The Morgan fingerprint density at radius 2 is 2.04 bits per heavy atom. The molecule has 2 aliphatic heterocycles. The summed E-state index contributed by atoms with van der Waals surface area (Å²) in [6.07, 6.45) is 1.37. The van der Waals surface area contributed by atoms with Gasteiger partial charge in [-0.05, 0) is 36.5 Å². The van der Waals surface area contributed by atoms with E-state index in [1.165, 1.54) is 5.56 Å². The summed E-state index contributed by atoms with van der Waals surface area (Å²) in [5, 5.41) is 2.91. The molecule has 26 heavy (non-hydrogen) atoms. The van der Waals surface area contributed by atoms with E-state index in [9.17, 15) is 9.59 Å². The number of nitrogens with one attached hydrogen (secondary N) is 1. The molecule has 0 radical (unpaired) electrons. The molecular formula is C20H28N2O3S. The second-order valence-electron chi connectivity index (χ2n) is 8.18. The smallest absolute Gasteiger partial charge is 0.243 e. The van der Waals surface area contributed by atoms with Crippen molar-refractivity contribution in [2.45, 2.75) is 56.9 Å². The lowest BCUT2D eigenvalue weighted by molar-refractivity contribution is -0.137. The number of nitrogens with zero attached hydrogens (tertiary/aromatic N) is 1. The summed E-state index contributed by atoms with van der Waals surface area (Å²) < 4.78 is 5.71. The van der Waals surface area contributed by atoms with Gasteiger partial charge in [-0.15, -0.1) is 11.8 Å². The summed E-state index contributed by atoms with van der Waals surface area (Å²) in [5.74, 6) is 1.48. The Bertz CT molecular complexity index is 683. The van der Waals surface area contributed by atoms with Gasteiger partial charge < -0.3 is 15.0 Å². The van der Waals surface area contributed by atoms with Crippen LogP contribution in [-0.2, 0) is 15.0 Å². The molecule has 0 aromatic heterocycles. The Balaban J connectivity index is 1.45. The van der Waals surface area contributed by atoms with Gasteiger partial charge in [0.25, 0.3) is 0 Å². The molecule has 6 heteroatoms. The molecule has 2 atom stereocenters. The number of fused-ring (bicyclic) bond motifs is 1. The van der Waals surface area contributed by atoms with Crippen LogP contribution in [0, 0.1) is 0 Å². The quantitative estimate of drug-likeness (QED) is 0.803. The largest absolute Gasteiger partial charge is 0.492 e. The van der Waals surface area contributed by atoms with Crippen molar-refractivity contribution < 1.29 is 14.3 Å². The van der Waals surface area contributed by atoms with Gasteiger partial charge in [0.15, 0.2) is 0 Å². The fraction of sp³-hybridized carbons (Fsp3) is 0.600. The minimum Gasteiger partial charge on any atom is -0.492 e. The number of carbonyl (C=O) groups is 2. The average molecular weight is 377 g/mol. The Kier molecular flexibility index (Phi) is 5.24. The zero-order valence-electron chi connectivity index (χ0n) is 16.0. The van der Waals surface area contributed by atoms with E-state index in [0.717, 1.165) is 12.2 Å². The van der Waals surface area contributed by atoms with Crippen LogP contribution in [0.25, 0.3) is 0 Å². The molecule has 2 saturated heterocycles. The summed E-state index contributed by atoms with van der Waals surface area (Å²) in [6, 6.07) is 7.72. The van der Waals surface area contributed by atoms with Crippen LogP contribution in [0.5, 0.6) is 5.75 Å². The summed E-state index contributed by atoms with van der Waals surface area (Å²) in [4.78, 5) is 26.1. The first-order valence-electron chi connectivity index (χ1n) is 9.18. The molecule has 0 bridgehead atoms. The summed E-state index contributed by atoms with van der Waals surface area (Å²) in [7, 11) is 0. The number of benzene rings is 1. The van der Waals surface area contributed by atoms with Crippen molar-refractivity contribution in [2.75, 3.05) is 18.9 Å². The van der Waals surface area contributed by atoms with Crippen molar-refractivity contribution >= 4 is 23.6 Å². The standard InChI is InChI=1S/C20H28N2O3S/c1-19(2,3)14-5-7-15(8-6-14)25-12-11-21-18(24)16-13-26-20(4)10-9-17(23)22(16)20/h5-8,16H,9-13H2,1-4H3,(H,21,24)/t16-,20+/m1/s1. The molecule has 142 valence electrons. The van der Waals surface area contributed by atoms with E-state index in [-0.39, 0.29) is 28.1 Å². The average Bonchev–Trinajstić information content (AvgIpc) is 3.07. The first-order valence-corrected chi connectivity index (χ1v) is 10.2. The second kappa shape index (κ2) is 7.14. The van der Waals surface area contributed by atoms with Gasteiger partial charge in [0.1, 0.15) is 18.4 Å². The van der Waals surface area contributed by atoms with E-state index in [1.54, 1.807) is 16.7 Å². The number of hydrogen-bond donors (Lipinski definition) is 1.